The molecule has 19 heavy (non-hydrogen) atoms. The van der Waals surface area contributed by atoms with Crippen molar-refractivity contribution in [2.45, 2.75) is 31.5 Å². The predicted octanol–water partition coefficient (Wildman–Crippen LogP) is 4.28. The van der Waals surface area contributed by atoms with Gasteiger partial charge in [-0.1, -0.05) is 40.5 Å². The van der Waals surface area contributed by atoms with E-state index in [1.165, 1.54) is 0 Å². The number of rotatable bonds is 2. The maximum absolute atomic E-state index is 12.5. The van der Waals surface area contributed by atoms with Gasteiger partial charge < -0.3 is 4.90 Å². The van der Waals surface area contributed by atoms with Gasteiger partial charge in [-0.15, -0.1) is 0 Å². The zero-order valence-electron chi connectivity index (χ0n) is 11.3. The van der Waals surface area contributed by atoms with Gasteiger partial charge >= 0.3 is 0 Å². The topological polar surface area (TPSA) is 20.3 Å². The second-order valence-electron chi connectivity index (χ2n) is 5.27. The molecule has 0 aliphatic carbocycles. The molecule has 1 aromatic rings. The van der Waals surface area contributed by atoms with Crippen molar-refractivity contribution in [1.29, 1.82) is 0 Å². The molecule has 1 fully saturated rings. The Kier molecular flexibility index (Phi) is 4.91. The molecule has 2 nitrogen and oxygen atoms in total. The SMILES string of the molecule is Cc1ccc(Cl)cc1C(=O)N1CCC(C(C)Br)CC1. The number of alkyl halides is 1. The number of hydrogen-bond donors (Lipinski definition) is 0. The van der Waals surface area contributed by atoms with Gasteiger partial charge in [0.15, 0.2) is 0 Å². The Labute approximate surface area is 128 Å². The van der Waals surface area contributed by atoms with E-state index in [9.17, 15) is 4.79 Å². The number of carbonyl (C=O) groups excluding carboxylic acids is 1. The minimum atomic E-state index is 0.112. The largest absolute Gasteiger partial charge is 0.339 e. The third-order valence-corrected chi connectivity index (χ3v) is 4.89. The average Bonchev–Trinajstić information content (AvgIpc) is 2.41. The Morgan fingerprint density at radius 3 is 2.63 bits per heavy atom. The summed E-state index contributed by atoms with van der Waals surface area (Å²) in [6.07, 6.45) is 2.13. The molecule has 0 bridgehead atoms. The number of piperidine rings is 1. The molecule has 1 saturated heterocycles. The summed E-state index contributed by atoms with van der Waals surface area (Å²) >= 11 is 9.63. The van der Waals surface area contributed by atoms with E-state index in [1.54, 1.807) is 6.07 Å². The lowest BCUT2D eigenvalue weighted by molar-refractivity contribution is 0.0691. The van der Waals surface area contributed by atoms with Gasteiger partial charge in [-0.05, 0) is 43.4 Å². The summed E-state index contributed by atoms with van der Waals surface area (Å²) < 4.78 is 0. The Hall–Kier alpha value is -0.540. The number of benzene rings is 1. The van der Waals surface area contributed by atoms with Gasteiger partial charge in [0.05, 0.1) is 0 Å². The third-order valence-electron chi connectivity index (χ3n) is 3.91. The summed E-state index contributed by atoms with van der Waals surface area (Å²) in [7, 11) is 0. The summed E-state index contributed by atoms with van der Waals surface area (Å²) in [6.45, 7) is 5.82. The van der Waals surface area contributed by atoms with Crippen LogP contribution in [0, 0.1) is 12.8 Å². The number of aryl methyl sites for hydroxylation is 1. The average molecular weight is 345 g/mol. The molecule has 1 aliphatic rings. The molecule has 1 aromatic carbocycles. The summed E-state index contributed by atoms with van der Waals surface area (Å²) in [6, 6.07) is 5.51. The van der Waals surface area contributed by atoms with E-state index >= 15 is 0 Å². The fourth-order valence-corrected chi connectivity index (χ4v) is 3.26. The van der Waals surface area contributed by atoms with Crippen LogP contribution in [0.2, 0.25) is 5.02 Å². The van der Waals surface area contributed by atoms with Crippen LogP contribution in [0.3, 0.4) is 0 Å². The van der Waals surface area contributed by atoms with Gasteiger partial charge in [-0.2, -0.15) is 0 Å². The third kappa shape index (κ3) is 3.51. The molecule has 1 atom stereocenters. The van der Waals surface area contributed by atoms with E-state index in [0.717, 1.165) is 37.1 Å². The maximum Gasteiger partial charge on any atom is 0.254 e. The summed E-state index contributed by atoms with van der Waals surface area (Å²) in [5.74, 6) is 0.783. The van der Waals surface area contributed by atoms with E-state index in [4.69, 9.17) is 11.6 Å². The molecule has 0 N–H and O–H groups in total. The van der Waals surface area contributed by atoms with Crippen molar-refractivity contribution in [3.05, 3.63) is 34.3 Å². The molecule has 4 heteroatoms. The smallest absolute Gasteiger partial charge is 0.254 e. The van der Waals surface area contributed by atoms with Crippen LogP contribution < -0.4 is 0 Å². The lowest BCUT2D eigenvalue weighted by atomic mass is 9.93. The quantitative estimate of drug-likeness (QED) is 0.733. The van der Waals surface area contributed by atoms with Crippen LogP contribution in [0.5, 0.6) is 0 Å². The van der Waals surface area contributed by atoms with Crippen molar-refractivity contribution in [3.63, 3.8) is 0 Å². The highest BCUT2D eigenvalue weighted by Crippen LogP contribution is 2.26. The zero-order chi connectivity index (χ0) is 14.0. The van der Waals surface area contributed by atoms with Crippen LogP contribution in [0.15, 0.2) is 18.2 Å². The fraction of sp³-hybridized carbons (Fsp3) is 0.533. The molecule has 0 aromatic heterocycles. The number of likely N-dealkylation sites (tertiary alicyclic amines) is 1. The lowest BCUT2D eigenvalue weighted by Gasteiger charge is -2.33. The van der Waals surface area contributed by atoms with Crippen LogP contribution in [-0.4, -0.2) is 28.7 Å². The van der Waals surface area contributed by atoms with E-state index < -0.39 is 0 Å². The normalized spacial score (nSPS) is 18.4. The highest BCUT2D eigenvalue weighted by atomic mass is 79.9. The van der Waals surface area contributed by atoms with Crippen LogP contribution in [0.4, 0.5) is 0 Å². The van der Waals surface area contributed by atoms with Crippen molar-refractivity contribution in [3.8, 4) is 0 Å². The van der Waals surface area contributed by atoms with Gasteiger partial charge in [0.2, 0.25) is 0 Å². The van der Waals surface area contributed by atoms with Gasteiger partial charge in [0, 0.05) is 28.5 Å². The molecule has 2 rings (SSSR count). The number of amides is 1. The van der Waals surface area contributed by atoms with Gasteiger partial charge in [-0.3, -0.25) is 4.79 Å². The molecule has 0 saturated carbocycles. The first-order valence-corrected chi connectivity index (χ1v) is 7.98. The van der Waals surface area contributed by atoms with Crippen LogP contribution >= 0.6 is 27.5 Å². The second kappa shape index (κ2) is 6.27. The van der Waals surface area contributed by atoms with Gasteiger partial charge in [-0.25, -0.2) is 0 Å². The fourth-order valence-electron chi connectivity index (χ4n) is 2.56. The van der Waals surface area contributed by atoms with Crippen molar-refractivity contribution in [2.24, 2.45) is 5.92 Å². The molecular formula is C15H19BrClNO. The van der Waals surface area contributed by atoms with E-state index in [-0.39, 0.29) is 5.91 Å². The molecule has 1 heterocycles. The first-order chi connectivity index (χ1) is 8.99. The Balaban J connectivity index is 2.07. The van der Waals surface area contributed by atoms with E-state index in [2.05, 4.69) is 22.9 Å². The lowest BCUT2D eigenvalue weighted by Crippen LogP contribution is -2.40. The molecule has 104 valence electrons. The summed E-state index contributed by atoms with van der Waals surface area (Å²) in [4.78, 5) is 15.0. The first-order valence-electron chi connectivity index (χ1n) is 6.68. The number of nitrogens with zero attached hydrogens (tertiary/aromatic N) is 1. The predicted molar refractivity (Wildman–Crippen MR) is 83.2 cm³/mol. The van der Waals surface area contributed by atoms with Crippen molar-refractivity contribution < 1.29 is 4.79 Å². The molecule has 0 spiro atoms. The minimum absolute atomic E-state index is 0.112. The number of halogens is 2. The van der Waals surface area contributed by atoms with Crippen molar-refractivity contribution in [2.75, 3.05) is 13.1 Å². The Morgan fingerprint density at radius 2 is 2.05 bits per heavy atom. The van der Waals surface area contributed by atoms with Crippen molar-refractivity contribution in [1.82, 2.24) is 4.90 Å². The van der Waals surface area contributed by atoms with Crippen LogP contribution in [0.1, 0.15) is 35.7 Å². The van der Waals surface area contributed by atoms with Crippen LogP contribution in [0.25, 0.3) is 0 Å². The van der Waals surface area contributed by atoms with Gasteiger partial charge in [0.25, 0.3) is 5.91 Å². The van der Waals surface area contributed by atoms with Crippen LogP contribution in [-0.2, 0) is 0 Å². The summed E-state index contributed by atoms with van der Waals surface area (Å²) in [5, 5.41) is 0.623. The Bertz CT molecular complexity index is 467. The maximum atomic E-state index is 12.5. The summed E-state index contributed by atoms with van der Waals surface area (Å²) in [5.41, 5.74) is 1.73. The van der Waals surface area contributed by atoms with E-state index in [0.29, 0.717) is 15.8 Å². The monoisotopic (exact) mass is 343 g/mol. The molecule has 1 amide bonds. The molecular weight excluding hydrogens is 326 g/mol. The second-order valence-corrected chi connectivity index (χ2v) is 7.15. The zero-order valence-corrected chi connectivity index (χ0v) is 13.7. The highest BCUT2D eigenvalue weighted by molar-refractivity contribution is 9.09. The Morgan fingerprint density at radius 1 is 1.42 bits per heavy atom. The molecule has 1 unspecified atom stereocenters. The number of hydrogen-bond acceptors (Lipinski definition) is 1. The highest BCUT2D eigenvalue weighted by Gasteiger charge is 2.26. The molecule has 0 radical (unpaired) electrons. The molecule has 1 aliphatic heterocycles. The standard InChI is InChI=1S/C15H19BrClNO/c1-10-3-4-13(17)9-14(10)15(19)18-7-5-12(6-8-18)11(2)16/h3-4,9,11-12H,5-8H2,1-2H3. The number of carbonyl (C=O) groups is 1. The van der Waals surface area contributed by atoms with Gasteiger partial charge in [0.1, 0.15) is 0 Å². The first kappa shape index (κ1) is 14.9. The minimum Gasteiger partial charge on any atom is -0.339 e. The van der Waals surface area contributed by atoms with E-state index in [1.807, 2.05) is 24.0 Å². The van der Waals surface area contributed by atoms with Crippen molar-refractivity contribution >= 4 is 33.4 Å².